The zero-order valence-corrected chi connectivity index (χ0v) is 18.7. The second-order valence-electron chi connectivity index (χ2n) is 8.20. The monoisotopic (exact) mass is 443 g/mol. The zero-order valence-electron chi connectivity index (χ0n) is 17.9. The van der Waals surface area contributed by atoms with E-state index in [-0.39, 0.29) is 16.8 Å². The third kappa shape index (κ3) is 4.97. The summed E-state index contributed by atoms with van der Waals surface area (Å²) in [5.74, 6) is -0.284. The van der Waals surface area contributed by atoms with Gasteiger partial charge in [-0.05, 0) is 55.7 Å². The van der Waals surface area contributed by atoms with E-state index in [9.17, 15) is 13.2 Å². The maximum Gasteiger partial charge on any atom is 0.263 e. The van der Waals surface area contributed by atoms with Gasteiger partial charge < -0.3 is 4.74 Å². The van der Waals surface area contributed by atoms with Crippen LogP contribution in [-0.2, 0) is 14.8 Å². The van der Waals surface area contributed by atoms with Crippen LogP contribution >= 0.6 is 0 Å². The maximum absolute atomic E-state index is 13.4. The molecule has 1 aromatic carbocycles. The third-order valence-electron chi connectivity index (χ3n) is 5.89. The Labute approximate surface area is 183 Å². The minimum atomic E-state index is -3.67. The van der Waals surface area contributed by atoms with E-state index in [1.54, 1.807) is 18.3 Å². The largest absolute Gasteiger partial charge is 0.379 e. The fourth-order valence-corrected chi connectivity index (χ4v) is 5.58. The van der Waals surface area contributed by atoms with Gasteiger partial charge in [0.25, 0.3) is 5.91 Å². The van der Waals surface area contributed by atoms with Crippen molar-refractivity contribution in [3.8, 4) is 0 Å². The highest BCUT2D eigenvalue weighted by Gasteiger charge is 2.27. The fourth-order valence-electron chi connectivity index (χ4n) is 4.12. The lowest BCUT2D eigenvalue weighted by atomic mass is 9.96. The number of pyridine rings is 1. The molecule has 4 rings (SSSR count). The predicted molar refractivity (Wildman–Crippen MR) is 117 cm³/mol. The standard InChI is InChI=1S/C23H29N3O4S/c1-18-10-11-26(22(16-18)24-20-7-3-2-4-8-20)23(27)19-6-5-9-21(17-19)31(28,29)25-12-14-30-15-13-25/h5-6,9-11,16-17,20H,2-4,7-8,12-15H2,1H3. The first kappa shape index (κ1) is 21.9. The Kier molecular flexibility index (Phi) is 6.69. The normalized spacial score (nSPS) is 19.5. The molecule has 1 saturated heterocycles. The quantitative estimate of drug-likeness (QED) is 0.728. The zero-order chi connectivity index (χ0) is 21.8. The molecule has 8 heteroatoms. The summed E-state index contributed by atoms with van der Waals surface area (Å²) in [6.07, 6.45) is 7.36. The first-order valence-corrected chi connectivity index (χ1v) is 12.3. The Balaban J connectivity index is 1.68. The first-order chi connectivity index (χ1) is 14.9. The molecule has 1 aliphatic carbocycles. The minimum Gasteiger partial charge on any atom is -0.379 e. The van der Waals surface area contributed by atoms with Gasteiger partial charge in [-0.3, -0.25) is 14.4 Å². The molecule has 1 saturated carbocycles. The van der Waals surface area contributed by atoms with Crippen LogP contribution in [0.4, 0.5) is 0 Å². The first-order valence-electron chi connectivity index (χ1n) is 10.9. The third-order valence-corrected chi connectivity index (χ3v) is 7.78. The van der Waals surface area contributed by atoms with Gasteiger partial charge in [-0.2, -0.15) is 4.31 Å². The van der Waals surface area contributed by atoms with E-state index < -0.39 is 10.0 Å². The van der Waals surface area contributed by atoms with Gasteiger partial charge in [-0.15, -0.1) is 0 Å². The van der Waals surface area contributed by atoms with Gasteiger partial charge in [0.15, 0.2) is 0 Å². The average Bonchev–Trinajstić information content (AvgIpc) is 2.80. The van der Waals surface area contributed by atoms with Crippen molar-refractivity contribution in [2.24, 2.45) is 4.99 Å². The Bertz CT molecular complexity index is 1110. The molecule has 2 fully saturated rings. The fraction of sp³-hybridized carbons (Fsp3) is 0.478. The van der Waals surface area contributed by atoms with Gasteiger partial charge >= 0.3 is 0 Å². The summed E-state index contributed by atoms with van der Waals surface area (Å²) in [6, 6.07) is 10.3. The van der Waals surface area contributed by atoms with Crippen LogP contribution in [0.25, 0.3) is 0 Å². The van der Waals surface area contributed by atoms with E-state index in [1.807, 2.05) is 19.1 Å². The van der Waals surface area contributed by atoms with Crippen LogP contribution < -0.4 is 5.49 Å². The van der Waals surface area contributed by atoms with Gasteiger partial charge in [-0.25, -0.2) is 8.42 Å². The molecule has 0 amide bonds. The van der Waals surface area contributed by atoms with Crippen molar-refractivity contribution >= 4 is 15.9 Å². The second-order valence-corrected chi connectivity index (χ2v) is 10.1. The van der Waals surface area contributed by atoms with Gasteiger partial charge in [0.05, 0.1) is 24.2 Å². The number of carbonyl (C=O) groups excluding carboxylic acids is 1. The van der Waals surface area contributed by atoms with E-state index in [0.29, 0.717) is 37.4 Å². The highest BCUT2D eigenvalue weighted by atomic mass is 32.2. The molecule has 2 heterocycles. The topological polar surface area (TPSA) is 81.0 Å². The van der Waals surface area contributed by atoms with E-state index in [2.05, 4.69) is 0 Å². The molecule has 1 aliphatic heterocycles. The summed E-state index contributed by atoms with van der Waals surface area (Å²) in [5.41, 5.74) is 1.98. The number of carbonyl (C=O) groups is 1. The van der Waals surface area contributed by atoms with Crippen LogP contribution in [-0.4, -0.2) is 55.5 Å². The molecule has 2 aromatic rings. The SMILES string of the molecule is Cc1ccn(C(=O)c2cccc(S(=O)(=O)N3CCOCC3)c2)c(=NC2CCCCC2)c1. The van der Waals surface area contributed by atoms with Crippen LogP contribution in [0.1, 0.15) is 48.0 Å². The van der Waals surface area contributed by atoms with Crippen LogP contribution in [0.15, 0.2) is 52.5 Å². The number of benzene rings is 1. The maximum atomic E-state index is 13.4. The van der Waals surface area contributed by atoms with Crippen molar-refractivity contribution < 1.29 is 17.9 Å². The molecule has 166 valence electrons. The van der Waals surface area contributed by atoms with E-state index in [1.165, 1.54) is 27.4 Å². The summed E-state index contributed by atoms with van der Waals surface area (Å²) in [4.78, 5) is 18.3. The minimum absolute atomic E-state index is 0.124. The number of rotatable bonds is 4. The van der Waals surface area contributed by atoms with Gasteiger partial charge in [0.2, 0.25) is 10.0 Å². The van der Waals surface area contributed by atoms with Crippen molar-refractivity contribution in [1.29, 1.82) is 0 Å². The second kappa shape index (κ2) is 9.46. The van der Waals surface area contributed by atoms with Crippen LogP contribution in [0.5, 0.6) is 0 Å². The average molecular weight is 444 g/mol. The molecular formula is C23H29N3O4S. The molecule has 1 aromatic heterocycles. The molecule has 2 aliphatic rings. The molecule has 7 nitrogen and oxygen atoms in total. The van der Waals surface area contributed by atoms with Crippen molar-refractivity contribution in [3.63, 3.8) is 0 Å². The summed E-state index contributed by atoms with van der Waals surface area (Å²) < 4.78 is 34.2. The molecule has 0 unspecified atom stereocenters. The lowest BCUT2D eigenvalue weighted by Gasteiger charge is -2.26. The van der Waals surface area contributed by atoms with Crippen LogP contribution in [0.2, 0.25) is 0 Å². The number of sulfonamides is 1. The Morgan fingerprint density at radius 3 is 2.55 bits per heavy atom. The van der Waals surface area contributed by atoms with Gasteiger partial charge in [0, 0.05) is 24.8 Å². The highest BCUT2D eigenvalue weighted by molar-refractivity contribution is 7.89. The number of nitrogens with zero attached hydrogens (tertiary/aromatic N) is 3. The predicted octanol–water partition coefficient (Wildman–Crippen LogP) is 2.74. The van der Waals surface area contributed by atoms with Crippen LogP contribution in [0.3, 0.4) is 0 Å². The highest BCUT2D eigenvalue weighted by Crippen LogP contribution is 2.20. The van der Waals surface area contributed by atoms with E-state index in [0.717, 1.165) is 31.2 Å². The molecule has 31 heavy (non-hydrogen) atoms. The van der Waals surface area contributed by atoms with Gasteiger partial charge in [-0.1, -0.05) is 25.3 Å². The molecule has 0 radical (unpaired) electrons. The van der Waals surface area contributed by atoms with Crippen molar-refractivity contribution in [1.82, 2.24) is 8.87 Å². The van der Waals surface area contributed by atoms with E-state index >= 15 is 0 Å². The molecule has 0 bridgehead atoms. The number of morpholine rings is 1. The summed E-state index contributed by atoms with van der Waals surface area (Å²) in [7, 11) is -3.67. The van der Waals surface area contributed by atoms with Crippen molar-refractivity contribution in [3.05, 3.63) is 59.2 Å². The summed E-state index contributed by atoms with van der Waals surface area (Å²) in [6.45, 7) is 3.37. The smallest absolute Gasteiger partial charge is 0.263 e. The number of hydrogen-bond acceptors (Lipinski definition) is 5. The molecular weight excluding hydrogens is 414 g/mol. The Hall–Kier alpha value is -2.29. The summed E-state index contributed by atoms with van der Waals surface area (Å²) in [5, 5.41) is 0. The number of ether oxygens (including phenoxy) is 1. The van der Waals surface area contributed by atoms with Crippen LogP contribution in [0, 0.1) is 6.92 Å². The van der Waals surface area contributed by atoms with E-state index in [4.69, 9.17) is 9.73 Å². The summed E-state index contributed by atoms with van der Waals surface area (Å²) >= 11 is 0. The number of hydrogen-bond donors (Lipinski definition) is 0. The number of aromatic nitrogens is 1. The lowest BCUT2D eigenvalue weighted by molar-refractivity contribution is 0.0730. The van der Waals surface area contributed by atoms with Crippen molar-refractivity contribution in [2.75, 3.05) is 26.3 Å². The Morgan fingerprint density at radius 2 is 1.81 bits per heavy atom. The Morgan fingerprint density at radius 1 is 1.06 bits per heavy atom. The van der Waals surface area contributed by atoms with Crippen molar-refractivity contribution in [2.45, 2.75) is 50.0 Å². The molecule has 0 spiro atoms. The lowest BCUT2D eigenvalue weighted by Crippen LogP contribution is -2.40. The molecule has 0 N–H and O–H groups in total. The molecule has 0 atom stereocenters. The number of aryl methyl sites for hydroxylation is 1. The van der Waals surface area contributed by atoms with Gasteiger partial charge in [0.1, 0.15) is 5.49 Å².